The summed E-state index contributed by atoms with van der Waals surface area (Å²) in [6, 6.07) is 12.9. The fraction of sp³-hybridized carbons (Fsp3) is 0.136. The summed E-state index contributed by atoms with van der Waals surface area (Å²) in [4.78, 5) is 58.9. The molecule has 4 amide bonds. The third-order valence-electron chi connectivity index (χ3n) is 4.48. The maximum atomic E-state index is 12.5. The molecule has 0 fully saturated rings. The van der Waals surface area contributed by atoms with Gasteiger partial charge in [0, 0.05) is 18.2 Å². The summed E-state index contributed by atoms with van der Waals surface area (Å²) in [5, 5.41) is 24.8. The van der Waals surface area contributed by atoms with E-state index in [1.165, 1.54) is 37.3 Å². The number of hydrazone groups is 1. The lowest BCUT2D eigenvalue weighted by molar-refractivity contribution is -0.384. The molecular weight excluding hydrogens is 444 g/mol. The van der Waals surface area contributed by atoms with Gasteiger partial charge < -0.3 is 0 Å². The number of imide groups is 2. The van der Waals surface area contributed by atoms with Gasteiger partial charge in [-0.2, -0.15) is 20.3 Å². The lowest BCUT2D eigenvalue weighted by atomic mass is 10.2. The summed E-state index contributed by atoms with van der Waals surface area (Å²) >= 11 is 0. The van der Waals surface area contributed by atoms with Gasteiger partial charge in [-0.15, -0.1) is 0 Å². The van der Waals surface area contributed by atoms with Crippen molar-refractivity contribution in [1.29, 1.82) is 0 Å². The van der Waals surface area contributed by atoms with E-state index < -0.39 is 41.0 Å². The predicted molar refractivity (Wildman–Crippen MR) is 120 cm³/mol. The maximum absolute atomic E-state index is 12.5. The van der Waals surface area contributed by atoms with Crippen molar-refractivity contribution in [3.8, 4) is 0 Å². The first-order valence-corrected chi connectivity index (χ1v) is 9.89. The number of rotatable bonds is 7. The van der Waals surface area contributed by atoms with Gasteiger partial charge in [-0.25, -0.2) is 0 Å². The number of nitrogens with zero attached hydrogens (tertiary/aromatic N) is 5. The van der Waals surface area contributed by atoms with Crippen molar-refractivity contribution in [3.05, 3.63) is 76.4 Å². The van der Waals surface area contributed by atoms with Crippen LogP contribution < -0.4 is 5.32 Å². The van der Waals surface area contributed by atoms with Gasteiger partial charge in [0.2, 0.25) is 5.91 Å². The molecule has 1 atom stereocenters. The van der Waals surface area contributed by atoms with Gasteiger partial charge in [0.05, 0.1) is 16.3 Å². The summed E-state index contributed by atoms with van der Waals surface area (Å²) in [5.41, 5.74) is 1.06. The molecule has 34 heavy (non-hydrogen) atoms. The Morgan fingerprint density at radius 2 is 1.82 bits per heavy atom. The van der Waals surface area contributed by atoms with Gasteiger partial charge >= 0.3 is 0 Å². The highest BCUT2D eigenvalue weighted by Crippen LogP contribution is 2.20. The number of hydrogen-bond acceptors (Lipinski definition) is 9. The fourth-order valence-corrected chi connectivity index (χ4v) is 2.80. The first kappa shape index (κ1) is 23.8. The Bertz CT molecular complexity index is 1220. The van der Waals surface area contributed by atoms with E-state index in [0.29, 0.717) is 5.01 Å². The van der Waals surface area contributed by atoms with E-state index in [-0.39, 0.29) is 17.1 Å². The number of azo groups is 1. The van der Waals surface area contributed by atoms with E-state index in [4.69, 9.17) is 0 Å². The normalized spacial score (nSPS) is 15.6. The highest BCUT2D eigenvalue weighted by molar-refractivity contribution is 6.18. The lowest BCUT2D eigenvalue weighted by Crippen LogP contribution is -2.38. The van der Waals surface area contributed by atoms with Crippen LogP contribution in [0.25, 0.3) is 6.08 Å². The summed E-state index contributed by atoms with van der Waals surface area (Å²) in [7, 11) is 0. The molecule has 3 rings (SSSR count). The molecule has 0 radical (unpaired) electrons. The zero-order valence-electron chi connectivity index (χ0n) is 17.8. The van der Waals surface area contributed by atoms with E-state index in [1.807, 2.05) is 11.4 Å². The van der Waals surface area contributed by atoms with Crippen molar-refractivity contribution in [2.75, 3.05) is 0 Å². The van der Waals surface area contributed by atoms with Crippen molar-refractivity contribution in [2.45, 2.75) is 19.4 Å². The predicted octanol–water partition coefficient (Wildman–Crippen LogP) is 2.54. The lowest BCUT2D eigenvalue weighted by Gasteiger charge is -2.10. The molecule has 12 nitrogen and oxygen atoms in total. The molecule has 1 unspecified atom stereocenters. The van der Waals surface area contributed by atoms with Crippen LogP contribution in [0, 0.1) is 10.1 Å². The average molecular weight is 462 g/mol. The van der Waals surface area contributed by atoms with E-state index in [0.717, 1.165) is 11.6 Å². The van der Waals surface area contributed by atoms with Gasteiger partial charge in [-0.1, -0.05) is 30.3 Å². The van der Waals surface area contributed by atoms with Crippen molar-refractivity contribution in [1.82, 2.24) is 10.3 Å². The monoisotopic (exact) mass is 462 g/mol. The number of nitro groups is 1. The molecule has 1 N–H and O–H groups in total. The molecule has 0 bridgehead atoms. The van der Waals surface area contributed by atoms with Crippen LogP contribution in [0.1, 0.15) is 18.9 Å². The Balaban J connectivity index is 1.55. The maximum Gasteiger partial charge on any atom is 0.282 e. The number of hydrogen-bond donors (Lipinski definition) is 1. The number of carbonyl (C=O) groups excluding carboxylic acids is 4. The second-order valence-corrected chi connectivity index (χ2v) is 7.01. The Hall–Kier alpha value is -4.87. The van der Waals surface area contributed by atoms with Crippen LogP contribution in [0.2, 0.25) is 0 Å². The standard InChI is InChI=1S/C22H18N6O6/c1-14-21(25-24-16-8-10-17(11-9-16)28(33)34)22(32)27(26-14)20(31)13-19(30)23-18(29)12-7-15-5-3-2-4-6-15/h2-12,21H,13H2,1H3,(H,23,29,30)/b12-7-,25-24?. The minimum atomic E-state index is -1.18. The topological polar surface area (TPSA) is 164 Å². The summed E-state index contributed by atoms with van der Waals surface area (Å²) < 4.78 is 0. The van der Waals surface area contributed by atoms with Crippen molar-refractivity contribution < 1.29 is 24.1 Å². The fourth-order valence-electron chi connectivity index (χ4n) is 2.80. The van der Waals surface area contributed by atoms with Gasteiger partial charge in [0.1, 0.15) is 6.42 Å². The molecule has 1 heterocycles. The number of benzene rings is 2. The van der Waals surface area contributed by atoms with Crippen LogP contribution in [0.5, 0.6) is 0 Å². The summed E-state index contributed by atoms with van der Waals surface area (Å²) in [6.07, 6.45) is 1.87. The second-order valence-electron chi connectivity index (χ2n) is 7.01. The van der Waals surface area contributed by atoms with E-state index in [9.17, 15) is 29.3 Å². The Labute approximate surface area is 192 Å². The Morgan fingerprint density at radius 3 is 2.47 bits per heavy atom. The third-order valence-corrected chi connectivity index (χ3v) is 4.48. The van der Waals surface area contributed by atoms with Crippen LogP contribution in [0.4, 0.5) is 11.4 Å². The smallest absolute Gasteiger partial charge is 0.282 e. The highest BCUT2D eigenvalue weighted by atomic mass is 16.6. The van der Waals surface area contributed by atoms with Gasteiger partial charge in [-0.3, -0.25) is 34.6 Å². The number of nitro benzene ring substituents is 1. The van der Waals surface area contributed by atoms with E-state index in [1.54, 1.807) is 24.3 Å². The van der Waals surface area contributed by atoms with Gasteiger partial charge in [0.15, 0.2) is 6.04 Å². The zero-order valence-corrected chi connectivity index (χ0v) is 17.8. The zero-order chi connectivity index (χ0) is 24.7. The molecule has 1 aliphatic heterocycles. The molecule has 0 saturated heterocycles. The molecule has 0 saturated carbocycles. The molecule has 2 aromatic carbocycles. The van der Waals surface area contributed by atoms with Crippen molar-refractivity contribution in [3.63, 3.8) is 0 Å². The number of non-ortho nitro benzene ring substituents is 1. The second kappa shape index (κ2) is 10.6. The van der Waals surface area contributed by atoms with Gasteiger partial charge in [0.25, 0.3) is 23.4 Å². The van der Waals surface area contributed by atoms with E-state index >= 15 is 0 Å². The summed E-state index contributed by atoms with van der Waals surface area (Å²) in [5.74, 6) is -3.36. The minimum absolute atomic E-state index is 0.127. The van der Waals surface area contributed by atoms with Crippen molar-refractivity contribution in [2.24, 2.45) is 15.3 Å². The molecule has 1 aliphatic rings. The van der Waals surface area contributed by atoms with Crippen LogP contribution in [0.15, 0.2) is 76.0 Å². The summed E-state index contributed by atoms with van der Waals surface area (Å²) in [6.45, 7) is 1.46. The van der Waals surface area contributed by atoms with Gasteiger partial charge in [-0.05, 0) is 30.7 Å². The Kier molecular flexibility index (Phi) is 7.44. The first-order valence-electron chi connectivity index (χ1n) is 9.89. The molecule has 12 heteroatoms. The molecular formula is C22H18N6O6. The number of carbonyl (C=O) groups is 4. The molecule has 0 spiro atoms. The largest absolute Gasteiger partial charge is 0.292 e. The molecule has 0 aliphatic carbocycles. The molecule has 172 valence electrons. The third kappa shape index (κ3) is 6.09. The van der Waals surface area contributed by atoms with Crippen LogP contribution >= 0.6 is 0 Å². The van der Waals surface area contributed by atoms with Crippen LogP contribution in [0.3, 0.4) is 0 Å². The van der Waals surface area contributed by atoms with E-state index in [2.05, 4.69) is 15.3 Å². The minimum Gasteiger partial charge on any atom is -0.292 e. The van der Waals surface area contributed by atoms with Crippen molar-refractivity contribution >= 4 is 46.8 Å². The molecule has 0 aromatic heterocycles. The molecule has 2 aromatic rings. The highest BCUT2D eigenvalue weighted by Gasteiger charge is 2.38. The SMILES string of the molecule is CC1=NN(C(=O)CC(=O)NC(=O)/C=C\c2ccccc2)C(=O)C1N=Nc1ccc([N+](=O)[O-])cc1. The Morgan fingerprint density at radius 1 is 1.15 bits per heavy atom. The van der Waals surface area contributed by atoms with Crippen LogP contribution in [-0.2, 0) is 19.2 Å². The quantitative estimate of drug-likeness (QED) is 0.218. The number of amides is 4. The first-order chi connectivity index (χ1) is 16.2. The average Bonchev–Trinajstić information content (AvgIpc) is 3.10. The van der Waals surface area contributed by atoms with Crippen LogP contribution in [-0.4, -0.2) is 45.3 Å². The number of nitrogens with one attached hydrogen (secondary N) is 1.